The molecule has 0 unspecified atom stereocenters. The van der Waals surface area contributed by atoms with Crippen LogP contribution in [0.2, 0.25) is 0 Å². The molecule has 1 aliphatic heterocycles. The Balaban J connectivity index is 1.79. The Morgan fingerprint density at radius 1 is 1.00 bits per heavy atom. The zero-order valence-electron chi connectivity index (χ0n) is 8.04. The van der Waals surface area contributed by atoms with Gasteiger partial charge in [0.1, 0.15) is 0 Å². The lowest BCUT2D eigenvalue weighted by Crippen LogP contribution is -2.45. The first kappa shape index (κ1) is 10.2. The summed E-state index contributed by atoms with van der Waals surface area (Å²) in [5.41, 5.74) is 0. The van der Waals surface area contributed by atoms with E-state index >= 15 is 0 Å². The van der Waals surface area contributed by atoms with Crippen LogP contribution >= 0.6 is 22.6 Å². The maximum absolute atomic E-state index is 5.37. The van der Waals surface area contributed by atoms with Crippen molar-refractivity contribution in [3.05, 3.63) is 0 Å². The summed E-state index contributed by atoms with van der Waals surface area (Å²) in [5, 5.41) is 0. The summed E-state index contributed by atoms with van der Waals surface area (Å²) in [4.78, 5) is 2.63. The van der Waals surface area contributed by atoms with Gasteiger partial charge in [-0.05, 0) is 25.7 Å². The van der Waals surface area contributed by atoms with Gasteiger partial charge in [0, 0.05) is 23.1 Å². The van der Waals surface area contributed by atoms with Crippen molar-refractivity contribution in [2.75, 3.05) is 26.3 Å². The Kier molecular flexibility index (Phi) is 3.86. The van der Waals surface area contributed by atoms with Gasteiger partial charge in [0.2, 0.25) is 0 Å². The minimum atomic E-state index is 0.870. The van der Waals surface area contributed by atoms with E-state index in [0.29, 0.717) is 0 Å². The lowest BCUT2D eigenvalue weighted by atomic mass is 9.94. The van der Waals surface area contributed by atoms with Crippen molar-refractivity contribution >= 4 is 22.6 Å². The molecule has 1 saturated carbocycles. The van der Waals surface area contributed by atoms with Gasteiger partial charge in [-0.1, -0.05) is 22.6 Å². The quantitative estimate of drug-likeness (QED) is 0.542. The average molecular weight is 295 g/mol. The van der Waals surface area contributed by atoms with Crippen LogP contribution in [0.1, 0.15) is 25.7 Å². The molecule has 0 amide bonds. The van der Waals surface area contributed by atoms with Crippen molar-refractivity contribution in [2.24, 2.45) is 0 Å². The Morgan fingerprint density at radius 2 is 1.62 bits per heavy atom. The normalized spacial score (nSPS) is 37.6. The van der Waals surface area contributed by atoms with E-state index in [2.05, 4.69) is 27.5 Å². The van der Waals surface area contributed by atoms with E-state index in [1.165, 1.54) is 25.7 Å². The third-order valence-electron chi connectivity index (χ3n) is 3.19. The van der Waals surface area contributed by atoms with Gasteiger partial charge in [-0.15, -0.1) is 0 Å². The van der Waals surface area contributed by atoms with Gasteiger partial charge in [0.15, 0.2) is 0 Å². The van der Waals surface area contributed by atoms with Crippen LogP contribution in [0, 0.1) is 0 Å². The number of hydrogen-bond acceptors (Lipinski definition) is 2. The lowest BCUT2D eigenvalue weighted by Gasteiger charge is -2.37. The summed E-state index contributed by atoms with van der Waals surface area (Å²) in [6.07, 6.45) is 5.66. The van der Waals surface area contributed by atoms with E-state index in [-0.39, 0.29) is 0 Å². The SMILES string of the molecule is IC1CCC(N2CCOCC2)CC1. The molecular formula is C10H18INO. The van der Waals surface area contributed by atoms with Crippen molar-refractivity contribution in [3.63, 3.8) is 0 Å². The molecule has 0 radical (unpaired) electrons. The molecule has 76 valence electrons. The minimum Gasteiger partial charge on any atom is -0.379 e. The lowest BCUT2D eigenvalue weighted by molar-refractivity contribution is 0.00920. The third-order valence-corrected chi connectivity index (χ3v) is 4.43. The zero-order chi connectivity index (χ0) is 9.10. The molecule has 3 heteroatoms. The molecule has 0 spiro atoms. The van der Waals surface area contributed by atoms with Crippen LogP contribution in [0.4, 0.5) is 0 Å². The number of alkyl halides is 1. The Bertz CT molecular complexity index is 151. The number of halogens is 1. The number of nitrogens with zero attached hydrogens (tertiary/aromatic N) is 1. The first-order valence-electron chi connectivity index (χ1n) is 5.32. The van der Waals surface area contributed by atoms with Crippen LogP contribution in [0.15, 0.2) is 0 Å². The van der Waals surface area contributed by atoms with E-state index in [0.717, 1.165) is 36.3 Å². The molecule has 0 aromatic carbocycles. The van der Waals surface area contributed by atoms with E-state index in [4.69, 9.17) is 4.74 Å². The van der Waals surface area contributed by atoms with Gasteiger partial charge in [0.25, 0.3) is 0 Å². The van der Waals surface area contributed by atoms with Gasteiger partial charge in [-0.25, -0.2) is 0 Å². The standard InChI is InChI=1S/C10H18INO/c11-9-1-3-10(4-2-9)12-5-7-13-8-6-12/h9-10H,1-8H2. The van der Waals surface area contributed by atoms with E-state index in [1.54, 1.807) is 0 Å². The fraction of sp³-hybridized carbons (Fsp3) is 1.00. The minimum absolute atomic E-state index is 0.870. The van der Waals surface area contributed by atoms with Crippen molar-refractivity contribution in [1.29, 1.82) is 0 Å². The molecule has 1 heterocycles. The monoisotopic (exact) mass is 295 g/mol. The van der Waals surface area contributed by atoms with Crippen LogP contribution in [0.5, 0.6) is 0 Å². The van der Waals surface area contributed by atoms with Gasteiger partial charge in [-0.3, -0.25) is 4.90 Å². The molecule has 1 saturated heterocycles. The van der Waals surface area contributed by atoms with Crippen LogP contribution in [0.25, 0.3) is 0 Å². The molecule has 0 aromatic rings. The molecular weight excluding hydrogens is 277 g/mol. The van der Waals surface area contributed by atoms with Crippen molar-refractivity contribution in [2.45, 2.75) is 35.6 Å². The van der Waals surface area contributed by atoms with Crippen LogP contribution in [0.3, 0.4) is 0 Å². The van der Waals surface area contributed by atoms with Gasteiger partial charge >= 0.3 is 0 Å². The first-order chi connectivity index (χ1) is 6.36. The molecule has 2 fully saturated rings. The fourth-order valence-corrected chi connectivity index (χ4v) is 3.06. The van der Waals surface area contributed by atoms with Gasteiger partial charge in [0.05, 0.1) is 13.2 Å². The smallest absolute Gasteiger partial charge is 0.0594 e. The average Bonchev–Trinajstić information content (AvgIpc) is 2.20. The summed E-state index contributed by atoms with van der Waals surface area (Å²) in [5.74, 6) is 0. The second kappa shape index (κ2) is 4.94. The molecule has 13 heavy (non-hydrogen) atoms. The second-order valence-electron chi connectivity index (χ2n) is 4.05. The largest absolute Gasteiger partial charge is 0.379 e. The van der Waals surface area contributed by atoms with Gasteiger partial charge in [-0.2, -0.15) is 0 Å². The van der Waals surface area contributed by atoms with Crippen molar-refractivity contribution in [3.8, 4) is 0 Å². The maximum atomic E-state index is 5.37. The molecule has 0 bridgehead atoms. The molecule has 2 nitrogen and oxygen atoms in total. The number of hydrogen-bond donors (Lipinski definition) is 0. The second-order valence-corrected chi connectivity index (χ2v) is 5.82. The topological polar surface area (TPSA) is 12.5 Å². The van der Waals surface area contributed by atoms with Crippen LogP contribution in [-0.4, -0.2) is 41.2 Å². The Hall–Kier alpha value is 0.650. The summed E-state index contributed by atoms with van der Waals surface area (Å²) >= 11 is 2.59. The molecule has 2 rings (SSSR count). The van der Waals surface area contributed by atoms with E-state index < -0.39 is 0 Å². The highest BCUT2D eigenvalue weighted by Gasteiger charge is 2.25. The summed E-state index contributed by atoms with van der Waals surface area (Å²) in [6, 6.07) is 0.870. The number of ether oxygens (including phenoxy) is 1. The predicted molar refractivity (Wildman–Crippen MR) is 62.5 cm³/mol. The van der Waals surface area contributed by atoms with E-state index in [9.17, 15) is 0 Å². The van der Waals surface area contributed by atoms with Crippen molar-refractivity contribution < 1.29 is 4.74 Å². The Labute approximate surface area is 94.1 Å². The van der Waals surface area contributed by atoms with Crippen LogP contribution in [-0.2, 0) is 4.74 Å². The third kappa shape index (κ3) is 2.80. The number of morpholine rings is 1. The summed E-state index contributed by atoms with van der Waals surface area (Å²) in [6.45, 7) is 4.22. The highest BCUT2D eigenvalue weighted by Crippen LogP contribution is 2.28. The Morgan fingerprint density at radius 3 is 2.23 bits per heavy atom. The fourth-order valence-electron chi connectivity index (χ4n) is 2.34. The summed E-state index contributed by atoms with van der Waals surface area (Å²) < 4.78 is 6.31. The molecule has 1 aliphatic carbocycles. The number of rotatable bonds is 1. The van der Waals surface area contributed by atoms with Gasteiger partial charge < -0.3 is 4.74 Å². The molecule has 0 atom stereocenters. The highest BCUT2D eigenvalue weighted by atomic mass is 127. The molecule has 0 aromatic heterocycles. The zero-order valence-corrected chi connectivity index (χ0v) is 10.2. The van der Waals surface area contributed by atoms with Crippen molar-refractivity contribution in [1.82, 2.24) is 4.90 Å². The maximum Gasteiger partial charge on any atom is 0.0594 e. The molecule has 0 N–H and O–H groups in total. The van der Waals surface area contributed by atoms with E-state index in [1.807, 2.05) is 0 Å². The highest BCUT2D eigenvalue weighted by molar-refractivity contribution is 14.1. The summed E-state index contributed by atoms with van der Waals surface area (Å²) in [7, 11) is 0. The first-order valence-corrected chi connectivity index (χ1v) is 6.56. The van der Waals surface area contributed by atoms with Crippen LogP contribution < -0.4 is 0 Å². The predicted octanol–water partition coefficient (Wildman–Crippen LogP) is 2.06. The molecule has 2 aliphatic rings.